The van der Waals surface area contributed by atoms with E-state index in [1.165, 1.54) is 30.3 Å². The van der Waals surface area contributed by atoms with E-state index in [0.29, 0.717) is 11.3 Å². The maximum atomic E-state index is 12.1. The summed E-state index contributed by atoms with van der Waals surface area (Å²) in [5.41, 5.74) is 2.64. The summed E-state index contributed by atoms with van der Waals surface area (Å²) >= 11 is 3.06. The van der Waals surface area contributed by atoms with Gasteiger partial charge in [0.05, 0.1) is 24.6 Å². The smallest absolute Gasteiger partial charge is 0.404 e. The molecule has 150 valence electrons. The molecule has 3 aromatic rings. The van der Waals surface area contributed by atoms with Crippen molar-refractivity contribution in [1.29, 1.82) is 0 Å². The molecule has 3 rings (SSSR count). The van der Waals surface area contributed by atoms with E-state index >= 15 is 0 Å². The van der Waals surface area contributed by atoms with Gasteiger partial charge < -0.3 is 24.4 Å². The lowest BCUT2D eigenvalue weighted by Crippen LogP contribution is -2.16. The third-order valence-electron chi connectivity index (χ3n) is 3.70. The molecule has 1 aromatic carbocycles. The molecule has 0 unspecified atom stereocenters. The van der Waals surface area contributed by atoms with Gasteiger partial charge in [-0.1, -0.05) is 6.07 Å². The highest BCUT2D eigenvalue weighted by molar-refractivity contribution is 9.10. The predicted octanol–water partition coefficient (Wildman–Crippen LogP) is 2.67. The zero-order chi connectivity index (χ0) is 21.0. The Morgan fingerprint density at radius 3 is 2.97 bits per heavy atom. The van der Waals surface area contributed by atoms with Crippen LogP contribution in [0.1, 0.15) is 21.9 Å². The van der Waals surface area contributed by atoms with Crippen LogP contribution in [0.5, 0.6) is 11.5 Å². The van der Waals surface area contributed by atoms with Gasteiger partial charge in [-0.3, -0.25) is 4.79 Å². The highest BCUT2D eigenvalue weighted by Crippen LogP contribution is 2.28. The highest BCUT2D eigenvalue weighted by atomic mass is 79.9. The molecular weight excluding hydrogens is 450 g/mol. The Labute approximate surface area is 171 Å². The van der Waals surface area contributed by atoms with E-state index in [4.69, 9.17) is 9.15 Å². The fourth-order valence-corrected chi connectivity index (χ4v) is 2.82. The van der Waals surface area contributed by atoms with E-state index < -0.39 is 10.8 Å². The number of rotatable bonds is 7. The molecule has 12 heteroatoms. The molecular formula is C17H14BrN5O6. The molecule has 0 aliphatic rings. The van der Waals surface area contributed by atoms with Crippen LogP contribution in [0.4, 0.5) is 5.82 Å². The SMILES string of the molecule is COc1cccc(C=NNC(=O)c2ccc(Cn3cc(Br)c([N+](=O)[O-])n3)o2)c1O. The van der Waals surface area contributed by atoms with Crippen LogP contribution in [0, 0.1) is 10.1 Å². The second kappa shape index (κ2) is 8.56. The zero-order valence-electron chi connectivity index (χ0n) is 14.9. The molecule has 0 saturated carbocycles. The van der Waals surface area contributed by atoms with Gasteiger partial charge in [0.15, 0.2) is 17.3 Å². The molecule has 2 N–H and O–H groups in total. The monoisotopic (exact) mass is 463 g/mol. The first-order valence-electron chi connectivity index (χ1n) is 8.04. The van der Waals surface area contributed by atoms with Gasteiger partial charge in [-0.05, 0) is 45.1 Å². The molecule has 11 nitrogen and oxygen atoms in total. The number of hydrogen-bond donors (Lipinski definition) is 2. The Balaban J connectivity index is 1.64. The molecule has 29 heavy (non-hydrogen) atoms. The van der Waals surface area contributed by atoms with Crippen molar-refractivity contribution < 1.29 is 24.0 Å². The van der Waals surface area contributed by atoms with Crippen LogP contribution in [0.25, 0.3) is 0 Å². The van der Waals surface area contributed by atoms with Gasteiger partial charge in [-0.25, -0.2) is 5.43 Å². The van der Waals surface area contributed by atoms with Crippen LogP contribution in [0.3, 0.4) is 0 Å². The minimum absolute atomic E-state index is 0.00673. The first-order chi connectivity index (χ1) is 13.9. The Hall–Kier alpha value is -3.67. The molecule has 0 fully saturated rings. The van der Waals surface area contributed by atoms with Crippen LogP contribution in [-0.4, -0.2) is 39.0 Å². The Morgan fingerprint density at radius 1 is 1.48 bits per heavy atom. The van der Waals surface area contributed by atoms with E-state index in [1.807, 2.05) is 0 Å². The Morgan fingerprint density at radius 2 is 2.28 bits per heavy atom. The number of nitrogens with zero attached hydrogens (tertiary/aromatic N) is 4. The maximum absolute atomic E-state index is 12.1. The Kier molecular flexibility index (Phi) is 5.93. The van der Waals surface area contributed by atoms with Gasteiger partial charge in [0.25, 0.3) is 0 Å². The number of methoxy groups -OCH3 is 1. The first-order valence-corrected chi connectivity index (χ1v) is 8.83. The first kappa shape index (κ1) is 20.1. The number of nitrogens with one attached hydrogen (secondary N) is 1. The molecule has 0 radical (unpaired) electrons. The summed E-state index contributed by atoms with van der Waals surface area (Å²) in [6.07, 6.45) is 2.70. The van der Waals surface area contributed by atoms with E-state index in [2.05, 4.69) is 31.6 Å². The van der Waals surface area contributed by atoms with Crippen LogP contribution in [-0.2, 0) is 6.54 Å². The summed E-state index contributed by atoms with van der Waals surface area (Å²) in [4.78, 5) is 22.3. The van der Waals surface area contributed by atoms with Gasteiger partial charge >= 0.3 is 11.7 Å². The highest BCUT2D eigenvalue weighted by Gasteiger charge is 2.20. The second-order valence-electron chi connectivity index (χ2n) is 5.62. The second-order valence-corrected chi connectivity index (χ2v) is 6.47. The van der Waals surface area contributed by atoms with Gasteiger partial charge in [0, 0.05) is 5.56 Å². The number of ether oxygens (including phenoxy) is 1. The third-order valence-corrected chi connectivity index (χ3v) is 4.25. The fraction of sp³-hybridized carbons (Fsp3) is 0.118. The average molecular weight is 464 g/mol. The van der Waals surface area contributed by atoms with Gasteiger partial charge in [-0.15, -0.1) is 0 Å². The summed E-state index contributed by atoms with van der Waals surface area (Å²) in [5, 5.41) is 28.4. The average Bonchev–Trinajstić information content (AvgIpc) is 3.30. The number of hydrazone groups is 1. The van der Waals surface area contributed by atoms with Crippen molar-refractivity contribution in [2.24, 2.45) is 5.10 Å². The number of aromatic hydroxyl groups is 1. The maximum Gasteiger partial charge on any atom is 0.404 e. The summed E-state index contributed by atoms with van der Waals surface area (Å²) in [7, 11) is 1.42. The number of carbonyl (C=O) groups excluding carboxylic acids is 1. The number of para-hydroxylation sites is 1. The van der Waals surface area contributed by atoms with Crippen molar-refractivity contribution in [2.45, 2.75) is 6.54 Å². The van der Waals surface area contributed by atoms with Gasteiger partial charge in [-0.2, -0.15) is 9.78 Å². The standard InChI is InChI=1S/C17H14BrN5O6/c1-28-13-4-2-3-10(15(13)24)7-19-20-17(25)14-6-5-11(29-14)8-22-9-12(18)16(21-22)23(26)27/h2-7,9,24H,8H2,1H3,(H,20,25). The van der Waals surface area contributed by atoms with Crippen molar-refractivity contribution in [3.63, 3.8) is 0 Å². The lowest BCUT2D eigenvalue weighted by atomic mass is 10.2. The molecule has 0 aliphatic heterocycles. The molecule has 1 amide bonds. The minimum atomic E-state index is -0.611. The van der Waals surface area contributed by atoms with Gasteiger partial charge in [0.1, 0.15) is 16.8 Å². The van der Waals surface area contributed by atoms with Crippen LogP contribution in [0.15, 0.2) is 50.5 Å². The van der Waals surface area contributed by atoms with Crippen molar-refractivity contribution in [2.75, 3.05) is 7.11 Å². The predicted molar refractivity (Wildman–Crippen MR) is 104 cm³/mol. The van der Waals surface area contributed by atoms with E-state index in [0.717, 1.165) is 0 Å². The number of aromatic nitrogens is 2. The number of furan rings is 1. The van der Waals surface area contributed by atoms with E-state index in [1.54, 1.807) is 24.3 Å². The van der Waals surface area contributed by atoms with Gasteiger partial charge in [0.2, 0.25) is 0 Å². The van der Waals surface area contributed by atoms with Crippen LogP contribution >= 0.6 is 15.9 Å². The van der Waals surface area contributed by atoms with Crippen molar-refractivity contribution in [3.8, 4) is 11.5 Å². The number of carbonyl (C=O) groups is 1. The van der Waals surface area contributed by atoms with E-state index in [9.17, 15) is 20.0 Å². The topological polar surface area (TPSA) is 145 Å². The summed E-state index contributed by atoms with van der Waals surface area (Å²) in [6, 6.07) is 7.84. The molecule has 0 saturated heterocycles. The largest absolute Gasteiger partial charge is 0.504 e. The normalized spacial score (nSPS) is 11.0. The third kappa shape index (κ3) is 4.60. The molecule has 0 atom stereocenters. The van der Waals surface area contributed by atoms with Crippen molar-refractivity contribution >= 4 is 33.9 Å². The van der Waals surface area contributed by atoms with E-state index in [-0.39, 0.29) is 34.1 Å². The van der Waals surface area contributed by atoms with Crippen LogP contribution in [0.2, 0.25) is 0 Å². The fourth-order valence-electron chi connectivity index (χ4n) is 2.36. The summed E-state index contributed by atoms with van der Waals surface area (Å²) < 4.78 is 12.0. The lowest BCUT2D eigenvalue weighted by Gasteiger charge is -2.04. The number of benzene rings is 1. The quantitative estimate of drug-likeness (QED) is 0.311. The minimum Gasteiger partial charge on any atom is -0.504 e. The lowest BCUT2D eigenvalue weighted by molar-refractivity contribution is -0.390. The zero-order valence-corrected chi connectivity index (χ0v) is 16.5. The summed E-state index contributed by atoms with van der Waals surface area (Å²) in [6.45, 7) is 0.0979. The van der Waals surface area contributed by atoms with Crippen LogP contribution < -0.4 is 10.2 Å². The molecule has 0 aliphatic carbocycles. The van der Waals surface area contributed by atoms with Crippen molar-refractivity contribution in [1.82, 2.24) is 15.2 Å². The number of phenolic OH excluding ortho intramolecular Hbond substituents is 1. The van der Waals surface area contributed by atoms with Crippen molar-refractivity contribution in [3.05, 3.63) is 68.2 Å². The molecule has 0 spiro atoms. The summed E-state index contributed by atoms with van der Waals surface area (Å²) in [5.74, 6) is -0.386. The molecule has 0 bridgehead atoms. The number of nitro groups is 1. The number of halogens is 1. The molecule has 2 aromatic heterocycles. The molecule has 2 heterocycles. The number of hydrogen-bond acceptors (Lipinski definition) is 8. The number of amides is 1. The Bertz CT molecular complexity index is 1090. The number of phenols is 1.